The maximum absolute atomic E-state index is 12.2. The van der Waals surface area contributed by atoms with E-state index in [1.807, 2.05) is 10.9 Å². The molecule has 0 bridgehead atoms. The first kappa shape index (κ1) is 51.8. The van der Waals surface area contributed by atoms with E-state index in [9.17, 15) is 17.8 Å². The van der Waals surface area contributed by atoms with Crippen molar-refractivity contribution >= 4 is 38.9 Å². The van der Waals surface area contributed by atoms with Gasteiger partial charge >= 0.3 is 5.97 Å². The van der Waals surface area contributed by atoms with Crippen LogP contribution in [0.1, 0.15) is 104 Å². The standard InChI is InChI=1S/C50H71N7O5S.CH4.BrH/c1-36-21-25-43-41(33-36)49(2,3)45(53(43)29-15-31-56(6,7)8)27-22-37-17-13-18-38(48(37)55-35-39(51-52-55)19-14-20-47(58)62-12)23-28-46-50(4,5)42-34-40(63(59,60)61)24-26-44(42)54(46)30-16-32-57(9,10)11;;/h21-28,33-35H,13-20,29-32H2,1-12H3;1H4;1H/q+2;;/p-1/i;1D;. The van der Waals surface area contributed by atoms with E-state index in [0.29, 0.717) is 19.3 Å². The number of nitrogens with zero attached hydrogens (tertiary/aromatic N) is 7. The van der Waals surface area contributed by atoms with E-state index in [-0.39, 0.29) is 33.3 Å². The van der Waals surface area contributed by atoms with Crippen LogP contribution < -0.4 is 21.9 Å². The first-order valence-corrected chi connectivity index (χ1v) is 23.9. The molecule has 1 aromatic heterocycles. The molecule has 0 saturated heterocycles. The van der Waals surface area contributed by atoms with E-state index in [0.717, 1.165) is 107 Å². The molecular weight excluding hydrogens is 903 g/mol. The molecule has 356 valence electrons. The number of halogens is 1. The van der Waals surface area contributed by atoms with E-state index < -0.39 is 15.5 Å². The van der Waals surface area contributed by atoms with Crippen LogP contribution >= 0.6 is 0 Å². The number of hydrogen-bond donors (Lipinski definition) is 0. The Bertz CT molecular complexity index is 2510. The number of hydrogen-bond acceptors (Lipinski definition) is 8. The van der Waals surface area contributed by atoms with Crippen LogP contribution in [0.3, 0.4) is 0 Å². The number of allylic oxidation sites excluding steroid dienone is 8. The van der Waals surface area contributed by atoms with Gasteiger partial charge in [0.1, 0.15) is 10.1 Å². The molecule has 14 heteroatoms. The predicted molar refractivity (Wildman–Crippen MR) is 258 cm³/mol. The smallest absolute Gasteiger partial charge is 0.305 e. The molecule has 0 radical (unpaired) electrons. The molecule has 0 atom stereocenters. The highest BCUT2D eigenvalue weighted by Gasteiger charge is 2.45. The van der Waals surface area contributed by atoms with Crippen molar-refractivity contribution in [3.8, 4) is 0 Å². The van der Waals surface area contributed by atoms with Gasteiger partial charge in [-0.05, 0) is 93.9 Å². The number of quaternary nitrogens is 2. The second-order valence-corrected chi connectivity index (χ2v) is 22.1. The lowest BCUT2D eigenvalue weighted by molar-refractivity contribution is -0.871. The summed E-state index contributed by atoms with van der Waals surface area (Å²) in [6.07, 6.45) is 17.1. The first-order valence-electron chi connectivity index (χ1n) is 23.5. The van der Waals surface area contributed by atoms with Gasteiger partial charge in [-0.2, -0.15) is 4.58 Å². The van der Waals surface area contributed by atoms with Crippen molar-refractivity contribution in [2.75, 3.05) is 80.5 Å². The second kappa shape index (κ2) is 20.8. The molecule has 3 aliphatic rings. The van der Waals surface area contributed by atoms with E-state index in [1.165, 1.54) is 43.1 Å². The van der Waals surface area contributed by atoms with Gasteiger partial charge in [-0.25, -0.2) is 13.1 Å². The third-order valence-corrected chi connectivity index (χ3v) is 13.6. The summed E-state index contributed by atoms with van der Waals surface area (Å²) in [6.45, 7) is 14.7. The molecule has 6 rings (SSSR count). The fourth-order valence-corrected chi connectivity index (χ4v) is 9.91. The van der Waals surface area contributed by atoms with Crippen molar-refractivity contribution in [3.05, 3.63) is 106 Å². The van der Waals surface area contributed by atoms with E-state index in [1.54, 1.807) is 12.1 Å². The summed E-state index contributed by atoms with van der Waals surface area (Å²) >= 11 is 0. The summed E-state index contributed by atoms with van der Waals surface area (Å²) in [4.78, 5) is 14.2. The Morgan fingerprint density at radius 2 is 1.63 bits per heavy atom. The zero-order chi connectivity index (χ0) is 48.1. The van der Waals surface area contributed by atoms with Crippen molar-refractivity contribution in [2.45, 2.75) is 109 Å². The Hall–Kier alpha value is -4.21. The predicted octanol–water partition coefficient (Wildman–Crippen LogP) is 5.45. The normalized spacial score (nSPS) is 18.4. The lowest BCUT2D eigenvalue weighted by atomic mass is 9.81. The SMILES string of the molecule is COC(=O)CCCc1cn(C2=C(C=CC3=[N+](CCC[N+](C)(C)C)c4ccc(S(=O)(=O)[O-])cc4C3(C)C)CCCC2=CC=C2N(CCC[N+](C)(C)C)c3ccc(C)cc3C2(C)C)nn1.[2H]C.[Br-]. The molecule has 0 saturated carbocycles. The minimum atomic E-state index is -4.64. The Morgan fingerprint density at radius 1 is 0.938 bits per heavy atom. The number of fused-ring (bicyclic) bond motifs is 2. The van der Waals surface area contributed by atoms with Crippen molar-refractivity contribution < 1.29 is 54.4 Å². The summed E-state index contributed by atoms with van der Waals surface area (Å²) in [6, 6.07) is 11.6. The first-order chi connectivity index (χ1) is 30.4. The van der Waals surface area contributed by atoms with Crippen molar-refractivity contribution in [3.63, 3.8) is 0 Å². The minimum Gasteiger partial charge on any atom is -1.00 e. The summed E-state index contributed by atoms with van der Waals surface area (Å²) in [5.74, 6) is -0.242. The number of rotatable bonds is 17. The fraction of sp³-hybridized carbons (Fsp3) is 0.529. The van der Waals surface area contributed by atoms with Gasteiger partial charge in [0.25, 0.3) is 0 Å². The fourth-order valence-electron chi connectivity index (χ4n) is 9.42. The quantitative estimate of drug-likeness (QED) is 0.0759. The average molecular weight is 979 g/mol. The molecule has 65 heavy (non-hydrogen) atoms. The maximum atomic E-state index is 12.2. The highest BCUT2D eigenvalue weighted by molar-refractivity contribution is 7.85. The molecule has 3 heterocycles. The molecule has 0 fully saturated rings. The molecule has 0 N–H and O–H groups in total. The van der Waals surface area contributed by atoms with Gasteiger partial charge in [0.15, 0.2) is 12.3 Å². The number of anilines is 1. The lowest BCUT2D eigenvalue weighted by Crippen LogP contribution is -3.00. The van der Waals surface area contributed by atoms with Gasteiger partial charge in [0, 0.05) is 55.3 Å². The van der Waals surface area contributed by atoms with Crippen LogP contribution in [0.25, 0.3) is 5.70 Å². The summed E-state index contributed by atoms with van der Waals surface area (Å²) in [5.41, 5.74) is 11.2. The molecule has 3 aromatic rings. The third kappa shape index (κ3) is 12.4. The number of esters is 1. The number of carbonyl (C=O) groups excluding carboxylic acids is 1. The van der Waals surface area contributed by atoms with Crippen LogP contribution in [-0.4, -0.2) is 129 Å². The Labute approximate surface area is 402 Å². The zero-order valence-corrected chi connectivity index (χ0v) is 43.7. The van der Waals surface area contributed by atoms with Crippen molar-refractivity contribution in [1.82, 2.24) is 15.0 Å². The summed E-state index contributed by atoms with van der Waals surface area (Å²) < 4.78 is 53.3. The molecule has 0 amide bonds. The molecule has 0 unspecified atom stereocenters. The lowest BCUT2D eigenvalue weighted by Gasteiger charge is -2.29. The second-order valence-electron chi connectivity index (χ2n) is 20.7. The number of aryl methyl sites for hydroxylation is 2. The molecule has 2 aliphatic heterocycles. The van der Waals surface area contributed by atoms with Gasteiger partial charge in [-0.3, -0.25) is 4.79 Å². The Morgan fingerprint density at radius 3 is 2.29 bits per heavy atom. The monoisotopic (exact) mass is 977 g/mol. The molecule has 2 aromatic carbocycles. The molecule has 12 nitrogen and oxygen atoms in total. The van der Waals surface area contributed by atoms with E-state index in [4.69, 9.17) is 11.3 Å². The van der Waals surface area contributed by atoms with E-state index in [2.05, 4.69) is 134 Å². The van der Waals surface area contributed by atoms with Gasteiger partial charge in [0.2, 0.25) is 5.69 Å². The number of carbonyl (C=O) groups is 1. The minimum absolute atomic E-state index is 0. The largest absolute Gasteiger partial charge is 1.00 e. The average Bonchev–Trinajstić information content (AvgIpc) is 3.83. The molecule has 1 aliphatic carbocycles. The van der Waals surface area contributed by atoms with Crippen LogP contribution in [0.5, 0.6) is 0 Å². The zero-order valence-electron chi connectivity index (χ0n) is 42.3. The molecule has 0 spiro atoms. The van der Waals surface area contributed by atoms with Gasteiger partial charge in [0.05, 0.1) is 96.8 Å². The Kier molecular flexibility index (Phi) is 16.5. The number of benzene rings is 2. The van der Waals surface area contributed by atoms with Crippen molar-refractivity contribution in [1.29, 1.82) is 0 Å². The highest BCUT2D eigenvalue weighted by atomic mass is 79.9. The van der Waals surface area contributed by atoms with Gasteiger partial charge in [-0.1, -0.05) is 56.3 Å². The highest BCUT2D eigenvalue weighted by Crippen LogP contribution is 2.49. The van der Waals surface area contributed by atoms with Crippen LogP contribution in [0.2, 0.25) is 0 Å². The summed E-state index contributed by atoms with van der Waals surface area (Å²) in [7, 11) is 11.3. The van der Waals surface area contributed by atoms with Crippen LogP contribution in [0, 0.1) is 6.92 Å². The topological polar surface area (TPSA) is 120 Å². The maximum Gasteiger partial charge on any atom is 0.305 e. The number of aromatic nitrogens is 3. The van der Waals surface area contributed by atoms with Gasteiger partial charge < -0.3 is 40.1 Å². The Balaban J connectivity index is 0.00000313. The number of ether oxygens (including phenoxy) is 1. The molecular formula is C51H75BrN7O5S+. The third-order valence-electron chi connectivity index (χ3n) is 12.8. The van der Waals surface area contributed by atoms with Gasteiger partial charge in [-0.15, -0.1) is 5.10 Å². The van der Waals surface area contributed by atoms with Crippen LogP contribution in [-0.2, 0) is 36.9 Å². The van der Waals surface area contributed by atoms with Crippen LogP contribution in [0.4, 0.5) is 11.4 Å². The number of methoxy groups -OCH3 is 1. The van der Waals surface area contributed by atoms with E-state index >= 15 is 0 Å². The van der Waals surface area contributed by atoms with Crippen LogP contribution in [0.15, 0.2) is 88.6 Å². The summed E-state index contributed by atoms with van der Waals surface area (Å²) in [5, 5.41) is 9.31. The van der Waals surface area contributed by atoms with Crippen molar-refractivity contribution in [2.24, 2.45) is 0 Å².